The molecular formula is C23H22N2O2S. The van der Waals surface area contributed by atoms with Gasteiger partial charge in [-0.15, -0.1) is 11.8 Å². The minimum absolute atomic E-state index is 0.117. The van der Waals surface area contributed by atoms with Crippen molar-refractivity contribution in [2.45, 2.75) is 17.9 Å². The molecule has 0 saturated heterocycles. The van der Waals surface area contributed by atoms with Gasteiger partial charge < -0.3 is 4.74 Å². The molecule has 4 nitrogen and oxygen atoms in total. The maximum atomic E-state index is 12.2. The number of nitrogens with one attached hydrogen (secondary N) is 1. The zero-order valence-corrected chi connectivity index (χ0v) is 16.4. The predicted molar refractivity (Wildman–Crippen MR) is 116 cm³/mol. The molecule has 0 fully saturated rings. The number of hydrogen-bond acceptors (Lipinski definition) is 4. The van der Waals surface area contributed by atoms with Crippen LogP contribution < -0.4 is 10.2 Å². The number of hydrogen-bond donors (Lipinski definition) is 1. The number of nitrogens with zero attached hydrogens (tertiary/aromatic N) is 1. The van der Waals surface area contributed by atoms with Gasteiger partial charge in [-0.05, 0) is 42.3 Å². The first-order valence-electron chi connectivity index (χ1n) is 9.02. The first-order chi connectivity index (χ1) is 13.7. The SMILES string of the molecule is C[C@H](SCc1ccccc1)C(=O)N/N=C\c1cccc(Oc2ccccc2)c1. The summed E-state index contributed by atoms with van der Waals surface area (Å²) in [6.45, 7) is 1.88. The van der Waals surface area contributed by atoms with E-state index in [-0.39, 0.29) is 11.2 Å². The number of amides is 1. The Morgan fingerprint density at radius 3 is 2.43 bits per heavy atom. The average Bonchev–Trinajstić information content (AvgIpc) is 2.74. The zero-order chi connectivity index (χ0) is 19.6. The van der Waals surface area contributed by atoms with Crippen molar-refractivity contribution in [3.8, 4) is 11.5 Å². The molecule has 0 heterocycles. The first kappa shape index (κ1) is 19.7. The Morgan fingerprint density at radius 2 is 1.68 bits per heavy atom. The lowest BCUT2D eigenvalue weighted by atomic mass is 10.2. The molecule has 28 heavy (non-hydrogen) atoms. The molecule has 0 saturated carbocycles. The maximum absolute atomic E-state index is 12.2. The van der Waals surface area contributed by atoms with Crippen LogP contribution in [0.25, 0.3) is 0 Å². The van der Waals surface area contributed by atoms with Crippen LogP contribution in [0.15, 0.2) is 90.0 Å². The van der Waals surface area contributed by atoms with E-state index < -0.39 is 0 Å². The van der Waals surface area contributed by atoms with Crippen LogP contribution in [0.2, 0.25) is 0 Å². The Morgan fingerprint density at radius 1 is 1.00 bits per heavy atom. The minimum atomic E-state index is -0.190. The van der Waals surface area contributed by atoms with E-state index in [2.05, 4.69) is 22.7 Å². The second-order valence-electron chi connectivity index (χ2n) is 6.16. The number of carbonyl (C=O) groups is 1. The summed E-state index contributed by atoms with van der Waals surface area (Å²) in [6.07, 6.45) is 1.62. The predicted octanol–water partition coefficient (Wildman–Crippen LogP) is 5.25. The summed E-state index contributed by atoms with van der Waals surface area (Å²) in [4.78, 5) is 12.2. The molecule has 1 atom stereocenters. The molecule has 1 amide bonds. The molecule has 3 rings (SSSR count). The molecule has 5 heteroatoms. The second-order valence-corrected chi connectivity index (χ2v) is 7.49. The van der Waals surface area contributed by atoms with Crippen molar-refractivity contribution < 1.29 is 9.53 Å². The fourth-order valence-corrected chi connectivity index (χ4v) is 3.25. The number of thioether (sulfide) groups is 1. The van der Waals surface area contributed by atoms with Gasteiger partial charge in [0.15, 0.2) is 0 Å². The smallest absolute Gasteiger partial charge is 0.252 e. The molecule has 3 aromatic rings. The van der Waals surface area contributed by atoms with E-state index in [1.54, 1.807) is 18.0 Å². The third kappa shape index (κ3) is 6.28. The lowest BCUT2D eigenvalue weighted by Crippen LogP contribution is -2.26. The Bertz CT molecular complexity index is 914. The summed E-state index contributed by atoms with van der Waals surface area (Å²) >= 11 is 1.58. The van der Waals surface area contributed by atoms with E-state index in [4.69, 9.17) is 4.74 Å². The lowest BCUT2D eigenvalue weighted by molar-refractivity contribution is -0.120. The maximum Gasteiger partial charge on any atom is 0.252 e. The van der Waals surface area contributed by atoms with Crippen molar-refractivity contribution in [2.24, 2.45) is 5.10 Å². The zero-order valence-electron chi connectivity index (χ0n) is 15.6. The fourth-order valence-electron chi connectivity index (χ4n) is 2.42. The van der Waals surface area contributed by atoms with Gasteiger partial charge in [-0.1, -0.05) is 60.7 Å². The van der Waals surface area contributed by atoms with E-state index in [1.807, 2.05) is 79.7 Å². The topological polar surface area (TPSA) is 50.7 Å². The second kappa shape index (κ2) is 10.3. The van der Waals surface area contributed by atoms with Crippen LogP contribution in [-0.4, -0.2) is 17.4 Å². The number of rotatable bonds is 8. The first-order valence-corrected chi connectivity index (χ1v) is 10.1. The van der Waals surface area contributed by atoms with E-state index in [9.17, 15) is 4.79 Å². The third-order valence-electron chi connectivity index (χ3n) is 3.94. The highest BCUT2D eigenvalue weighted by Gasteiger charge is 2.12. The van der Waals surface area contributed by atoms with Gasteiger partial charge in [0.05, 0.1) is 11.5 Å². The van der Waals surface area contributed by atoms with Crippen LogP contribution in [0.5, 0.6) is 11.5 Å². The van der Waals surface area contributed by atoms with E-state index in [1.165, 1.54) is 5.56 Å². The molecule has 0 unspecified atom stereocenters. The molecule has 1 N–H and O–H groups in total. The summed E-state index contributed by atoms with van der Waals surface area (Å²) in [5.74, 6) is 2.16. The Balaban J connectivity index is 1.49. The minimum Gasteiger partial charge on any atom is -0.457 e. The molecule has 0 aliphatic rings. The highest BCUT2D eigenvalue weighted by molar-refractivity contribution is 7.99. The molecule has 0 aromatic heterocycles. The highest BCUT2D eigenvalue weighted by Crippen LogP contribution is 2.21. The van der Waals surface area contributed by atoms with Gasteiger partial charge in [-0.2, -0.15) is 5.10 Å². The lowest BCUT2D eigenvalue weighted by Gasteiger charge is -2.09. The summed E-state index contributed by atoms with van der Waals surface area (Å²) in [6, 6.07) is 27.2. The van der Waals surface area contributed by atoms with Crippen LogP contribution in [0.1, 0.15) is 18.1 Å². The van der Waals surface area contributed by atoms with Gasteiger partial charge in [0.25, 0.3) is 5.91 Å². The van der Waals surface area contributed by atoms with Gasteiger partial charge in [-0.3, -0.25) is 4.79 Å². The van der Waals surface area contributed by atoms with Crippen LogP contribution in [0.3, 0.4) is 0 Å². The van der Waals surface area contributed by atoms with Crippen LogP contribution in [-0.2, 0) is 10.5 Å². The van der Waals surface area contributed by atoms with Crippen LogP contribution in [0, 0.1) is 0 Å². The number of ether oxygens (including phenoxy) is 1. The van der Waals surface area contributed by atoms with E-state index in [0.717, 1.165) is 17.1 Å². The van der Waals surface area contributed by atoms with Gasteiger partial charge in [0.2, 0.25) is 0 Å². The quantitative estimate of drug-likeness (QED) is 0.422. The van der Waals surface area contributed by atoms with Crippen molar-refractivity contribution in [1.29, 1.82) is 0 Å². The molecule has 0 aliphatic heterocycles. The summed E-state index contributed by atoms with van der Waals surface area (Å²) in [5.41, 5.74) is 4.65. The van der Waals surface area contributed by atoms with Crippen molar-refractivity contribution >= 4 is 23.9 Å². The van der Waals surface area contributed by atoms with Gasteiger partial charge in [0.1, 0.15) is 11.5 Å². The molecule has 0 spiro atoms. The monoisotopic (exact) mass is 390 g/mol. The standard InChI is InChI=1S/C23H22N2O2S/c1-18(28-17-19-9-4-2-5-10-19)23(26)25-24-16-20-11-8-14-22(15-20)27-21-12-6-3-7-13-21/h2-16,18H,17H2,1H3,(H,25,26)/b24-16-/t18-/m0/s1. The molecule has 3 aromatic carbocycles. The highest BCUT2D eigenvalue weighted by atomic mass is 32.2. The molecule has 0 aliphatic carbocycles. The Labute approximate surface area is 169 Å². The van der Waals surface area contributed by atoms with Gasteiger partial charge >= 0.3 is 0 Å². The average molecular weight is 391 g/mol. The normalized spacial score (nSPS) is 11.9. The van der Waals surface area contributed by atoms with Crippen molar-refractivity contribution in [1.82, 2.24) is 5.43 Å². The molecule has 0 bridgehead atoms. The Kier molecular flexibility index (Phi) is 7.27. The number of para-hydroxylation sites is 1. The summed E-state index contributed by atoms with van der Waals surface area (Å²) in [5, 5.41) is 3.88. The van der Waals surface area contributed by atoms with Crippen molar-refractivity contribution in [3.63, 3.8) is 0 Å². The van der Waals surface area contributed by atoms with E-state index >= 15 is 0 Å². The number of hydrazone groups is 1. The van der Waals surface area contributed by atoms with E-state index in [0.29, 0.717) is 5.75 Å². The van der Waals surface area contributed by atoms with Gasteiger partial charge in [-0.25, -0.2) is 5.43 Å². The number of benzene rings is 3. The molecular weight excluding hydrogens is 368 g/mol. The number of carbonyl (C=O) groups excluding carboxylic acids is 1. The summed E-state index contributed by atoms with van der Waals surface area (Å²) < 4.78 is 5.81. The molecule has 0 radical (unpaired) electrons. The van der Waals surface area contributed by atoms with Crippen molar-refractivity contribution in [3.05, 3.63) is 96.1 Å². The van der Waals surface area contributed by atoms with Crippen LogP contribution >= 0.6 is 11.8 Å². The Hall–Kier alpha value is -3.05. The largest absolute Gasteiger partial charge is 0.457 e. The third-order valence-corrected chi connectivity index (χ3v) is 5.15. The fraction of sp³-hybridized carbons (Fsp3) is 0.130. The van der Waals surface area contributed by atoms with Gasteiger partial charge in [0, 0.05) is 5.75 Å². The van der Waals surface area contributed by atoms with Crippen molar-refractivity contribution in [2.75, 3.05) is 0 Å². The summed E-state index contributed by atoms with van der Waals surface area (Å²) in [7, 11) is 0. The molecule has 142 valence electrons. The van der Waals surface area contributed by atoms with Crippen LogP contribution in [0.4, 0.5) is 0 Å².